The van der Waals surface area contributed by atoms with Crippen LogP contribution in [0.3, 0.4) is 0 Å². The molecule has 1 aliphatic heterocycles. The van der Waals surface area contributed by atoms with E-state index in [1.54, 1.807) is 0 Å². The Morgan fingerprint density at radius 3 is 2.74 bits per heavy atom. The van der Waals surface area contributed by atoms with E-state index in [2.05, 4.69) is 12.2 Å². The highest BCUT2D eigenvalue weighted by atomic mass is 16.3. The van der Waals surface area contributed by atoms with Crippen molar-refractivity contribution in [2.24, 2.45) is 5.41 Å². The van der Waals surface area contributed by atoms with Gasteiger partial charge in [-0.15, -0.1) is 0 Å². The number of aliphatic hydroxyl groups excluding tert-OH is 1. The molecule has 0 aromatic heterocycles. The first-order chi connectivity index (χ1) is 9.08. The van der Waals surface area contributed by atoms with Crippen molar-refractivity contribution >= 4 is 11.6 Å². The molecule has 1 aromatic carbocycles. The molecule has 1 unspecified atom stereocenters. The predicted octanol–water partition coefficient (Wildman–Crippen LogP) is 3.19. The Morgan fingerprint density at radius 2 is 2.00 bits per heavy atom. The zero-order chi connectivity index (χ0) is 13.5. The van der Waals surface area contributed by atoms with Gasteiger partial charge in [0.1, 0.15) is 0 Å². The predicted molar refractivity (Wildman–Crippen MR) is 74.9 cm³/mol. The molecule has 0 spiro atoms. The van der Waals surface area contributed by atoms with Gasteiger partial charge in [-0.2, -0.15) is 0 Å². The Kier molecular flexibility index (Phi) is 3.09. The Labute approximate surface area is 114 Å². The van der Waals surface area contributed by atoms with E-state index >= 15 is 0 Å². The number of amides is 1. The number of benzene rings is 1. The first kappa shape index (κ1) is 12.7. The molecular weight excluding hydrogens is 238 g/mol. The molecule has 1 atom stereocenters. The quantitative estimate of drug-likeness (QED) is 0.857. The van der Waals surface area contributed by atoms with Gasteiger partial charge in [0.05, 0.1) is 12.5 Å². The van der Waals surface area contributed by atoms with E-state index in [-0.39, 0.29) is 11.3 Å². The second-order valence-corrected chi connectivity index (χ2v) is 6.26. The van der Waals surface area contributed by atoms with Gasteiger partial charge in [0.2, 0.25) is 5.91 Å². The van der Waals surface area contributed by atoms with Crippen molar-refractivity contribution in [3.8, 4) is 0 Å². The average molecular weight is 259 g/mol. The Balaban J connectivity index is 1.86. The number of rotatable bonds is 2. The van der Waals surface area contributed by atoms with Crippen LogP contribution in [0, 0.1) is 5.41 Å². The molecule has 1 fully saturated rings. The maximum absolute atomic E-state index is 11.4. The van der Waals surface area contributed by atoms with Crippen LogP contribution in [0.15, 0.2) is 18.2 Å². The minimum Gasteiger partial charge on any atom is -0.388 e. The number of anilines is 1. The maximum Gasteiger partial charge on any atom is 0.228 e. The highest BCUT2D eigenvalue weighted by molar-refractivity contribution is 5.99. The Bertz CT molecular complexity index is 503. The summed E-state index contributed by atoms with van der Waals surface area (Å²) >= 11 is 0. The topological polar surface area (TPSA) is 49.3 Å². The second-order valence-electron chi connectivity index (χ2n) is 6.26. The number of carbonyl (C=O) groups excluding carboxylic acids is 1. The SMILES string of the molecule is CC1(C(O)c2ccc3c(c2)CC(=O)N3)CCCCC1. The van der Waals surface area contributed by atoms with Gasteiger partial charge in [-0.25, -0.2) is 0 Å². The molecule has 0 bridgehead atoms. The van der Waals surface area contributed by atoms with Gasteiger partial charge >= 0.3 is 0 Å². The van der Waals surface area contributed by atoms with Crippen LogP contribution in [0.25, 0.3) is 0 Å². The van der Waals surface area contributed by atoms with Crippen molar-refractivity contribution in [3.63, 3.8) is 0 Å². The summed E-state index contributed by atoms with van der Waals surface area (Å²) in [4.78, 5) is 11.4. The summed E-state index contributed by atoms with van der Waals surface area (Å²) < 4.78 is 0. The van der Waals surface area contributed by atoms with Gasteiger partial charge in [0.25, 0.3) is 0 Å². The molecule has 1 heterocycles. The molecule has 19 heavy (non-hydrogen) atoms. The minimum absolute atomic E-state index is 0.0114. The van der Waals surface area contributed by atoms with Crippen molar-refractivity contribution in [3.05, 3.63) is 29.3 Å². The lowest BCUT2D eigenvalue weighted by Crippen LogP contribution is -2.28. The smallest absolute Gasteiger partial charge is 0.228 e. The van der Waals surface area contributed by atoms with Crippen LogP contribution in [0.5, 0.6) is 0 Å². The lowest BCUT2D eigenvalue weighted by Gasteiger charge is -2.38. The van der Waals surface area contributed by atoms with Gasteiger partial charge in [0, 0.05) is 5.69 Å². The molecule has 3 rings (SSSR count). The van der Waals surface area contributed by atoms with E-state index in [9.17, 15) is 9.90 Å². The average Bonchev–Trinajstić information content (AvgIpc) is 2.77. The fraction of sp³-hybridized carbons (Fsp3) is 0.562. The molecule has 2 N–H and O–H groups in total. The fourth-order valence-electron chi connectivity index (χ4n) is 3.45. The van der Waals surface area contributed by atoms with Gasteiger partial charge in [-0.05, 0) is 35.4 Å². The summed E-state index contributed by atoms with van der Waals surface area (Å²) in [6, 6.07) is 5.87. The van der Waals surface area contributed by atoms with E-state index in [0.29, 0.717) is 6.42 Å². The van der Waals surface area contributed by atoms with Crippen LogP contribution >= 0.6 is 0 Å². The number of aliphatic hydroxyl groups is 1. The largest absolute Gasteiger partial charge is 0.388 e. The highest BCUT2D eigenvalue weighted by Crippen LogP contribution is 2.46. The molecule has 1 aromatic rings. The Morgan fingerprint density at radius 1 is 1.26 bits per heavy atom. The third kappa shape index (κ3) is 2.27. The van der Waals surface area contributed by atoms with Gasteiger partial charge in [-0.3, -0.25) is 4.79 Å². The Hall–Kier alpha value is -1.35. The third-order valence-corrected chi connectivity index (χ3v) is 4.73. The zero-order valence-corrected chi connectivity index (χ0v) is 11.4. The summed E-state index contributed by atoms with van der Waals surface area (Å²) in [5.41, 5.74) is 2.86. The molecule has 3 nitrogen and oxygen atoms in total. The van der Waals surface area contributed by atoms with Crippen LogP contribution in [0.1, 0.15) is 56.3 Å². The van der Waals surface area contributed by atoms with Crippen LogP contribution in [0.2, 0.25) is 0 Å². The molecule has 1 saturated carbocycles. The van der Waals surface area contributed by atoms with Crippen LogP contribution in [-0.2, 0) is 11.2 Å². The van der Waals surface area contributed by atoms with E-state index in [0.717, 1.165) is 29.7 Å². The summed E-state index contributed by atoms with van der Waals surface area (Å²) in [5.74, 6) is 0.0468. The standard InChI is InChI=1S/C16H21NO2/c1-16(7-3-2-4-8-16)15(19)11-5-6-13-12(9-11)10-14(18)17-13/h5-6,9,15,19H,2-4,7-8,10H2,1H3,(H,17,18). The zero-order valence-electron chi connectivity index (χ0n) is 11.4. The van der Waals surface area contributed by atoms with Gasteiger partial charge in [0.15, 0.2) is 0 Å². The second kappa shape index (κ2) is 4.64. The van der Waals surface area contributed by atoms with E-state index < -0.39 is 6.10 Å². The van der Waals surface area contributed by atoms with Crippen LogP contribution < -0.4 is 5.32 Å². The lowest BCUT2D eigenvalue weighted by molar-refractivity contribution is -0.115. The summed E-state index contributed by atoms with van der Waals surface area (Å²) in [5, 5.41) is 13.5. The number of nitrogens with one attached hydrogen (secondary N) is 1. The fourth-order valence-corrected chi connectivity index (χ4v) is 3.45. The minimum atomic E-state index is -0.422. The van der Waals surface area contributed by atoms with E-state index in [1.807, 2.05) is 18.2 Å². The van der Waals surface area contributed by atoms with Crippen molar-refractivity contribution in [2.75, 3.05) is 5.32 Å². The van der Waals surface area contributed by atoms with Gasteiger partial charge < -0.3 is 10.4 Å². The number of carbonyl (C=O) groups is 1. The number of hydrogen-bond donors (Lipinski definition) is 2. The monoisotopic (exact) mass is 259 g/mol. The van der Waals surface area contributed by atoms with Gasteiger partial charge in [-0.1, -0.05) is 38.3 Å². The van der Waals surface area contributed by atoms with Crippen molar-refractivity contribution in [1.29, 1.82) is 0 Å². The van der Waals surface area contributed by atoms with Crippen molar-refractivity contribution in [2.45, 2.75) is 51.6 Å². The first-order valence-corrected chi connectivity index (χ1v) is 7.19. The van der Waals surface area contributed by atoms with Crippen molar-refractivity contribution < 1.29 is 9.90 Å². The molecule has 1 amide bonds. The summed E-state index contributed by atoms with van der Waals surface area (Å²) in [6.07, 6.45) is 5.88. The maximum atomic E-state index is 11.4. The molecular formula is C16H21NO2. The summed E-state index contributed by atoms with van der Waals surface area (Å²) in [7, 11) is 0. The molecule has 102 valence electrons. The molecule has 0 saturated heterocycles. The normalized spacial score (nSPS) is 22.7. The van der Waals surface area contributed by atoms with Crippen LogP contribution in [0.4, 0.5) is 5.69 Å². The van der Waals surface area contributed by atoms with E-state index in [1.165, 1.54) is 19.3 Å². The lowest BCUT2D eigenvalue weighted by atomic mass is 9.70. The number of hydrogen-bond acceptors (Lipinski definition) is 2. The van der Waals surface area contributed by atoms with Crippen molar-refractivity contribution in [1.82, 2.24) is 0 Å². The molecule has 2 aliphatic rings. The first-order valence-electron chi connectivity index (χ1n) is 7.19. The molecule has 3 heteroatoms. The summed E-state index contributed by atoms with van der Waals surface area (Å²) in [6.45, 7) is 2.19. The highest BCUT2D eigenvalue weighted by Gasteiger charge is 2.35. The van der Waals surface area contributed by atoms with Crippen LogP contribution in [-0.4, -0.2) is 11.0 Å². The third-order valence-electron chi connectivity index (χ3n) is 4.73. The van der Waals surface area contributed by atoms with E-state index in [4.69, 9.17) is 0 Å². The molecule has 0 radical (unpaired) electrons. The molecule has 1 aliphatic carbocycles. The number of fused-ring (bicyclic) bond motifs is 1.